The number of esters is 2. The molecule has 0 bridgehead atoms. The van der Waals surface area contributed by atoms with Crippen molar-refractivity contribution in [3.63, 3.8) is 0 Å². The molecule has 1 aliphatic heterocycles. The second-order valence-corrected chi connectivity index (χ2v) is 16.5. The molecule has 18 nitrogen and oxygen atoms in total. The van der Waals surface area contributed by atoms with Gasteiger partial charge in [0.15, 0.2) is 13.2 Å². The van der Waals surface area contributed by atoms with E-state index in [4.69, 9.17) is 23.4 Å². The Balaban J connectivity index is 1.76. The van der Waals surface area contributed by atoms with Gasteiger partial charge in [0.05, 0.1) is 30.6 Å². The summed E-state index contributed by atoms with van der Waals surface area (Å²) >= 11 is 0. The van der Waals surface area contributed by atoms with Crippen LogP contribution >= 0.6 is 0 Å². The molecule has 2 aliphatic rings. The maximum Gasteiger partial charge on any atom is 0.512 e. The quantitative estimate of drug-likeness (QED) is 0.0269. The number of carbonyl (C=O) groups excluding carboxylic acids is 4. The molecule has 4 rings (SSSR count). The molecule has 0 unspecified atom stereocenters. The first-order chi connectivity index (χ1) is 29.8. The zero-order valence-corrected chi connectivity index (χ0v) is 35.7. The second-order valence-electron chi connectivity index (χ2n) is 12.9. The third-order valence-electron chi connectivity index (χ3n) is 8.91. The third-order valence-corrected chi connectivity index (χ3v) is 12.2. The van der Waals surface area contributed by atoms with E-state index in [1.807, 2.05) is 23.3 Å². The minimum Gasteiger partial charge on any atom is -0.461 e. The number of halogens is 3. The van der Waals surface area contributed by atoms with E-state index in [9.17, 15) is 49.2 Å². The number of carbonyl (C=O) groups is 4. The van der Waals surface area contributed by atoms with Crippen molar-refractivity contribution in [1.82, 2.24) is 19.3 Å². The van der Waals surface area contributed by atoms with E-state index in [-0.39, 0.29) is 75.1 Å². The molecule has 2 aromatic carbocycles. The molecule has 0 aromatic heterocycles. The number of rotatable bonds is 21. The Kier molecular flexibility index (Phi) is 17.2. The number of hydrogen-bond donors (Lipinski definition) is 3. The number of alkyl halides is 3. The minimum absolute atomic E-state index is 0.00233. The molecule has 23 heteroatoms. The molecule has 340 valence electrons. The predicted octanol–water partition coefficient (Wildman–Crippen LogP) is 3.86. The van der Waals surface area contributed by atoms with Crippen molar-refractivity contribution in [2.24, 2.45) is 0 Å². The van der Waals surface area contributed by atoms with Crippen LogP contribution in [-0.4, -0.2) is 112 Å². The number of likely N-dealkylation sites (N-methyl/N-ethyl adjacent to an activating group) is 2. The molecule has 0 saturated heterocycles. The molecule has 0 atom stereocenters. The van der Waals surface area contributed by atoms with Crippen molar-refractivity contribution < 1.29 is 72.5 Å². The Morgan fingerprint density at radius 1 is 0.794 bits per heavy atom. The van der Waals surface area contributed by atoms with Gasteiger partial charge in [-0.3, -0.25) is 0 Å². The highest BCUT2D eigenvalue weighted by Crippen LogP contribution is 2.43. The lowest BCUT2D eigenvalue weighted by Crippen LogP contribution is -2.40. The smallest absolute Gasteiger partial charge is 0.461 e. The molecular weight excluding hydrogens is 880 g/mol. The summed E-state index contributed by atoms with van der Waals surface area (Å²) in [6, 6.07) is 14.8. The van der Waals surface area contributed by atoms with Gasteiger partial charge in [-0.25, -0.2) is 40.6 Å². The summed E-state index contributed by atoms with van der Waals surface area (Å²) in [4.78, 5) is 47.9. The first-order valence-electron chi connectivity index (χ1n) is 19.0. The lowest BCUT2D eigenvalue weighted by molar-refractivity contribution is -0.138. The summed E-state index contributed by atoms with van der Waals surface area (Å²) in [6.07, 6.45) is 0.455. The van der Waals surface area contributed by atoms with Gasteiger partial charge in [-0.05, 0) is 38.1 Å². The van der Waals surface area contributed by atoms with Crippen LogP contribution in [0.4, 0.5) is 28.4 Å². The minimum atomic E-state index is -6.35. The van der Waals surface area contributed by atoms with E-state index < -0.39 is 54.6 Å². The van der Waals surface area contributed by atoms with Crippen molar-refractivity contribution in [3.05, 3.63) is 91.3 Å². The number of benzene rings is 3. The molecule has 0 saturated carbocycles. The standard InChI is InChI=1S/C40H44F3N5O13S2/c1-5-35(49)57-21-17-44-38(51)59-23-19-47(7-3)27-13-15-29-32(25-27)61-33-26-28(48(8-4)20-24-60-39(52)45-18-22-58-36(50)6-2)14-16-30(33)37(29)31-11-9-10-12-34(31)62(53,54)46-63(55,56)40(41,42)43/h5-6,9-16,25-26,46H,1-2,7-8,17-24H2,3-4H3,(H-,44,45,51,52)/p+1. The molecule has 2 amide bonds. The molecule has 0 fully saturated rings. The van der Waals surface area contributed by atoms with Gasteiger partial charge >= 0.3 is 39.7 Å². The van der Waals surface area contributed by atoms with Crippen molar-refractivity contribution in [1.29, 1.82) is 0 Å². The van der Waals surface area contributed by atoms with E-state index in [2.05, 4.69) is 23.8 Å². The van der Waals surface area contributed by atoms with Crippen LogP contribution in [0.5, 0.6) is 0 Å². The number of anilines is 1. The molecule has 3 N–H and O–H groups in total. The van der Waals surface area contributed by atoms with Gasteiger partial charge in [0.25, 0.3) is 10.0 Å². The highest BCUT2D eigenvalue weighted by Gasteiger charge is 2.48. The van der Waals surface area contributed by atoms with Crippen LogP contribution < -0.4 is 29.6 Å². The Hall–Kier alpha value is -6.46. The molecule has 1 aliphatic carbocycles. The number of nitrogens with zero attached hydrogens (tertiary/aromatic N) is 2. The zero-order chi connectivity index (χ0) is 46.4. The number of fused-ring (bicyclic) bond motifs is 2. The fraction of sp³-hybridized carbons (Fsp3) is 0.325. The topological polar surface area (TPSA) is 229 Å². The Bertz CT molecular complexity index is 2600. The summed E-state index contributed by atoms with van der Waals surface area (Å²) in [6.45, 7) is 11.1. The summed E-state index contributed by atoms with van der Waals surface area (Å²) < 4.78 is 120. The average molecular weight is 925 g/mol. The van der Waals surface area contributed by atoms with Gasteiger partial charge in [0.1, 0.15) is 37.7 Å². The van der Waals surface area contributed by atoms with Crippen LogP contribution in [-0.2, 0) is 48.6 Å². The van der Waals surface area contributed by atoms with Gasteiger partial charge in [-0.1, -0.05) is 35.5 Å². The Labute approximate surface area is 360 Å². The van der Waals surface area contributed by atoms with E-state index in [1.165, 1.54) is 18.2 Å². The molecule has 0 radical (unpaired) electrons. The van der Waals surface area contributed by atoms with E-state index in [1.54, 1.807) is 36.4 Å². The van der Waals surface area contributed by atoms with Gasteiger partial charge in [0, 0.05) is 58.6 Å². The summed E-state index contributed by atoms with van der Waals surface area (Å²) in [7, 11) is -11.7. The van der Waals surface area contributed by atoms with Crippen LogP contribution in [0.2, 0.25) is 0 Å². The first-order valence-corrected chi connectivity index (χ1v) is 22.0. The normalized spacial score (nSPS) is 12.2. The fourth-order valence-electron chi connectivity index (χ4n) is 5.96. The third kappa shape index (κ3) is 13.3. The second kappa shape index (κ2) is 22.1. The summed E-state index contributed by atoms with van der Waals surface area (Å²) in [5.74, 6) is -1.11. The van der Waals surface area contributed by atoms with Crippen LogP contribution in [0.3, 0.4) is 0 Å². The predicted molar refractivity (Wildman–Crippen MR) is 223 cm³/mol. The number of nitrogens with one attached hydrogen (secondary N) is 3. The first kappa shape index (κ1) is 49.2. The van der Waals surface area contributed by atoms with Crippen molar-refractivity contribution in [2.75, 3.05) is 70.6 Å². The number of sulfonamides is 2. The zero-order valence-electron chi connectivity index (χ0n) is 34.1. The van der Waals surface area contributed by atoms with Gasteiger partial charge in [0.2, 0.25) is 5.36 Å². The molecule has 2 aromatic rings. The molecular formula is C40H45F3N5O13S2+. The van der Waals surface area contributed by atoms with Crippen LogP contribution in [0.25, 0.3) is 33.4 Å². The maximum absolute atomic E-state index is 13.5. The summed E-state index contributed by atoms with van der Waals surface area (Å²) in [5, 5.41) is 5.77. The van der Waals surface area contributed by atoms with E-state index in [0.717, 1.165) is 22.3 Å². The molecule has 1 heterocycles. The largest absolute Gasteiger partial charge is 0.512 e. The summed E-state index contributed by atoms with van der Waals surface area (Å²) in [5.41, 5.74) is -4.85. The number of amides is 2. The Morgan fingerprint density at radius 2 is 1.41 bits per heavy atom. The number of alkyl carbamates (subject to hydrolysis) is 2. The van der Waals surface area contributed by atoms with Crippen molar-refractivity contribution >= 4 is 60.8 Å². The van der Waals surface area contributed by atoms with Crippen molar-refractivity contribution in [2.45, 2.75) is 24.3 Å². The lowest BCUT2D eigenvalue weighted by atomic mass is 9.93. The van der Waals surface area contributed by atoms with E-state index in [0.29, 0.717) is 35.1 Å². The van der Waals surface area contributed by atoms with Gasteiger partial charge in [-0.15, -0.1) is 0 Å². The molecule has 0 spiro atoms. The van der Waals surface area contributed by atoms with Crippen molar-refractivity contribution in [3.8, 4) is 22.5 Å². The molecule has 63 heavy (non-hydrogen) atoms. The maximum atomic E-state index is 13.5. The fourth-order valence-corrected chi connectivity index (χ4v) is 8.57. The average Bonchev–Trinajstić information content (AvgIpc) is 3.24. The Morgan fingerprint density at radius 3 is 2.00 bits per heavy atom. The van der Waals surface area contributed by atoms with Gasteiger partial charge in [-0.2, -0.15) is 13.2 Å². The lowest BCUT2D eigenvalue weighted by Gasteiger charge is -2.24. The van der Waals surface area contributed by atoms with Crippen LogP contribution in [0, 0.1) is 0 Å². The SMILES string of the molecule is C=CC(=O)OCCNC(=O)OCCN(CC)c1ccc2c(-c3ccccc3S(=O)(=O)NS(=O)(=O)C(F)(F)F)c3cc/c(=[N+](/CC)CCOC(=O)NCCOC(=O)C=C)cc-3oc2c1. The van der Waals surface area contributed by atoms with Gasteiger partial charge < -0.3 is 38.9 Å². The number of hydrogen-bond acceptors (Lipinski definition) is 14. The van der Waals surface area contributed by atoms with Crippen LogP contribution in [0.1, 0.15) is 13.8 Å². The highest BCUT2D eigenvalue weighted by atomic mass is 32.3. The monoisotopic (exact) mass is 924 g/mol. The van der Waals surface area contributed by atoms with E-state index >= 15 is 0 Å². The highest BCUT2D eigenvalue weighted by molar-refractivity contribution is 8.05. The number of ether oxygens (including phenoxy) is 4. The van der Waals surface area contributed by atoms with Crippen LogP contribution in [0.15, 0.2) is 95.3 Å².